The quantitative estimate of drug-likeness (QED) is 0.803. The Labute approximate surface area is 152 Å². The Bertz CT molecular complexity index is 777. The second kappa shape index (κ2) is 8.65. The summed E-state index contributed by atoms with van der Waals surface area (Å²) in [6, 6.07) is 12.8. The Kier molecular flexibility index (Phi) is 6.56. The Balaban J connectivity index is 1.95. The molecule has 0 unspecified atom stereocenters. The molecule has 132 valence electrons. The summed E-state index contributed by atoms with van der Waals surface area (Å²) in [6.45, 7) is 4.02. The highest BCUT2D eigenvalue weighted by molar-refractivity contribution is 6.39. The molecule has 0 aromatic heterocycles. The van der Waals surface area contributed by atoms with Gasteiger partial charge in [-0.15, -0.1) is 0 Å². The third-order valence-electron chi connectivity index (χ3n) is 3.90. The second-order valence-corrected chi connectivity index (χ2v) is 6.12. The molecule has 0 aliphatic carbocycles. The van der Waals surface area contributed by atoms with Crippen LogP contribution in [0.25, 0.3) is 0 Å². The number of benzene rings is 2. The molecular formula is C19H21ClN2O3. The molecule has 0 spiro atoms. The Hall–Kier alpha value is -2.37. The second-order valence-electron chi connectivity index (χ2n) is 5.71. The maximum Gasteiger partial charge on any atom is 0.313 e. The lowest BCUT2D eigenvalue weighted by Gasteiger charge is -2.18. The van der Waals surface area contributed by atoms with Gasteiger partial charge < -0.3 is 15.4 Å². The summed E-state index contributed by atoms with van der Waals surface area (Å²) in [5.41, 5.74) is 3.39. The van der Waals surface area contributed by atoms with E-state index in [1.165, 1.54) is 0 Å². The molecule has 2 aromatic carbocycles. The molecule has 2 N–H and O–H groups in total. The van der Waals surface area contributed by atoms with Crippen molar-refractivity contribution < 1.29 is 14.3 Å². The van der Waals surface area contributed by atoms with Crippen molar-refractivity contribution in [2.24, 2.45) is 0 Å². The van der Waals surface area contributed by atoms with E-state index >= 15 is 0 Å². The summed E-state index contributed by atoms with van der Waals surface area (Å²) in [7, 11) is 1.57. The molecule has 0 saturated carbocycles. The molecule has 6 heteroatoms. The Morgan fingerprint density at radius 2 is 1.80 bits per heavy atom. The highest BCUT2D eigenvalue weighted by atomic mass is 35.5. The molecule has 0 bridgehead atoms. The van der Waals surface area contributed by atoms with Gasteiger partial charge in [-0.25, -0.2) is 0 Å². The number of halogens is 1. The van der Waals surface area contributed by atoms with Gasteiger partial charge in [0.1, 0.15) is 0 Å². The first-order chi connectivity index (χ1) is 11.9. The van der Waals surface area contributed by atoms with E-state index in [2.05, 4.69) is 10.6 Å². The van der Waals surface area contributed by atoms with Gasteiger partial charge in [0.15, 0.2) is 0 Å². The molecule has 0 aliphatic heterocycles. The molecule has 0 heterocycles. The fraction of sp³-hybridized carbons (Fsp3) is 0.263. The third kappa shape index (κ3) is 5.05. The van der Waals surface area contributed by atoms with Gasteiger partial charge in [0.2, 0.25) is 0 Å². The predicted molar refractivity (Wildman–Crippen MR) is 98.8 cm³/mol. The number of anilines is 1. The van der Waals surface area contributed by atoms with Crippen LogP contribution in [-0.2, 0) is 14.3 Å². The van der Waals surface area contributed by atoms with Crippen molar-refractivity contribution in [2.45, 2.75) is 20.0 Å². The maximum atomic E-state index is 12.0. The average Bonchev–Trinajstić information content (AvgIpc) is 2.59. The van der Waals surface area contributed by atoms with Gasteiger partial charge in [0, 0.05) is 24.4 Å². The molecule has 2 aromatic rings. The number of rotatable bonds is 5. The van der Waals surface area contributed by atoms with Gasteiger partial charge in [0.25, 0.3) is 0 Å². The molecule has 1 atom stereocenters. The van der Waals surface area contributed by atoms with Crippen LogP contribution in [0.5, 0.6) is 0 Å². The van der Waals surface area contributed by atoms with Crippen LogP contribution < -0.4 is 10.6 Å². The predicted octanol–water partition coefficient (Wildman–Crippen LogP) is 3.40. The highest BCUT2D eigenvalue weighted by Crippen LogP contribution is 2.21. The lowest BCUT2D eigenvalue weighted by molar-refractivity contribution is -0.136. The summed E-state index contributed by atoms with van der Waals surface area (Å²) in [5.74, 6) is -1.48. The monoisotopic (exact) mass is 360 g/mol. The summed E-state index contributed by atoms with van der Waals surface area (Å²) in [6.07, 6.45) is -0.327. The van der Waals surface area contributed by atoms with Crippen LogP contribution in [0.15, 0.2) is 42.5 Å². The molecule has 5 nitrogen and oxygen atoms in total. The number of aryl methyl sites for hydroxylation is 2. The van der Waals surface area contributed by atoms with Crippen LogP contribution in [0.3, 0.4) is 0 Å². The minimum Gasteiger partial charge on any atom is -0.375 e. The lowest BCUT2D eigenvalue weighted by Crippen LogP contribution is -2.38. The number of carbonyl (C=O) groups excluding carboxylic acids is 2. The van der Waals surface area contributed by atoms with Crippen molar-refractivity contribution >= 4 is 29.1 Å². The molecule has 0 radical (unpaired) electrons. The number of nitrogens with one attached hydrogen (secondary N) is 2. The van der Waals surface area contributed by atoms with Gasteiger partial charge >= 0.3 is 11.8 Å². The van der Waals surface area contributed by atoms with E-state index in [-0.39, 0.29) is 12.6 Å². The van der Waals surface area contributed by atoms with Crippen molar-refractivity contribution in [3.8, 4) is 0 Å². The van der Waals surface area contributed by atoms with E-state index in [0.29, 0.717) is 10.7 Å². The van der Waals surface area contributed by atoms with Gasteiger partial charge in [-0.3, -0.25) is 9.59 Å². The first-order valence-electron chi connectivity index (χ1n) is 7.86. The van der Waals surface area contributed by atoms with Crippen molar-refractivity contribution in [3.05, 3.63) is 64.2 Å². The normalized spacial score (nSPS) is 11.7. The minimum absolute atomic E-state index is 0.197. The molecule has 2 amide bonds. The van der Waals surface area contributed by atoms with Crippen molar-refractivity contribution in [1.82, 2.24) is 5.32 Å². The molecule has 0 fully saturated rings. The molecule has 0 saturated heterocycles. The number of carbonyl (C=O) groups is 2. The Morgan fingerprint density at radius 3 is 2.44 bits per heavy atom. The first-order valence-corrected chi connectivity index (χ1v) is 8.24. The number of amides is 2. The van der Waals surface area contributed by atoms with E-state index < -0.39 is 11.8 Å². The van der Waals surface area contributed by atoms with E-state index in [4.69, 9.17) is 16.3 Å². The summed E-state index contributed by atoms with van der Waals surface area (Å²) in [4.78, 5) is 24.0. The van der Waals surface area contributed by atoms with E-state index in [0.717, 1.165) is 16.7 Å². The fourth-order valence-corrected chi connectivity index (χ4v) is 2.57. The van der Waals surface area contributed by atoms with Crippen LogP contribution in [0.2, 0.25) is 5.02 Å². The lowest BCUT2D eigenvalue weighted by atomic mass is 10.0. The minimum atomic E-state index is -0.750. The largest absolute Gasteiger partial charge is 0.375 e. The number of hydrogen-bond acceptors (Lipinski definition) is 3. The third-order valence-corrected chi connectivity index (χ3v) is 4.31. The standard InChI is InChI=1S/C19H21ClN2O3/c1-12-6-4-5-7-15(12)17(25-3)11-21-18(23)19(24)22-14-9-8-13(2)16(20)10-14/h4-10,17H,11H2,1-3H3,(H,21,23)(H,22,24)/t17-/m0/s1. The van der Waals surface area contributed by atoms with Gasteiger partial charge in [-0.1, -0.05) is 41.9 Å². The van der Waals surface area contributed by atoms with Crippen molar-refractivity contribution in [3.63, 3.8) is 0 Å². The highest BCUT2D eigenvalue weighted by Gasteiger charge is 2.18. The van der Waals surface area contributed by atoms with Gasteiger partial charge in [-0.05, 0) is 42.7 Å². The van der Waals surface area contributed by atoms with Gasteiger partial charge in [0.05, 0.1) is 6.10 Å². The molecule has 25 heavy (non-hydrogen) atoms. The van der Waals surface area contributed by atoms with Crippen LogP contribution in [0.1, 0.15) is 22.8 Å². The molecule has 0 aliphatic rings. The first kappa shape index (κ1) is 19.0. The SMILES string of the molecule is CO[C@@H](CNC(=O)C(=O)Nc1ccc(C)c(Cl)c1)c1ccccc1C. The number of hydrogen-bond donors (Lipinski definition) is 2. The van der Waals surface area contributed by atoms with Crippen molar-refractivity contribution in [2.75, 3.05) is 19.0 Å². The molecular weight excluding hydrogens is 340 g/mol. The van der Waals surface area contributed by atoms with E-state index in [1.807, 2.05) is 38.1 Å². The Morgan fingerprint density at radius 1 is 1.08 bits per heavy atom. The van der Waals surface area contributed by atoms with Crippen LogP contribution in [-0.4, -0.2) is 25.5 Å². The van der Waals surface area contributed by atoms with E-state index in [9.17, 15) is 9.59 Å². The molecule has 2 rings (SSSR count). The van der Waals surface area contributed by atoms with Crippen molar-refractivity contribution in [1.29, 1.82) is 0 Å². The topological polar surface area (TPSA) is 67.4 Å². The zero-order chi connectivity index (χ0) is 18.4. The van der Waals surface area contributed by atoms with Crippen LogP contribution in [0.4, 0.5) is 5.69 Å². The van der Waals surface area contributed by atoms with Crippen LogP contribution in [0, 0.1) is 13.8 Å². The van der Waals surface area contributed by atoms with Gasteiger partial charge in [-0.2, -0.15) is 0 Å². The smallest absolute Gasteiger partial charge is 0.313 e. The zero-order valence-corrected chi connectivity index (χ0v) is 15.2. The van der Waals surface area contributed by atoms with E-state index in [1.54, 1.807) is 25.3 Å². The zero-order valence-electron chi connectivity index (χ0n) is 14.4. The number of ether oxygens (including phenoxy) is 1. The maximum absolute atomic E-state index is 12.0. The summed E-state index contributed by atoms with van der Waals surface area (Å²) in [5, 5.41) is 5.65. The fourth-order valence-electron chi connectivity index (χ4n) is 2.39. The summed E-state index contributed by atoms with van der Waals surface area (Å²) >= 11 is 6.01. The van der Waals surface area contributed by atoms with Crippen LogP contribution >= 0.6 is 11.6 Å². The number of methoxy groups -OCH3 is 1. The average molecular weight is 361 g/mol. The summed E-state index contributed by atoms with van der Waals surface area (Å²) < 4.78 is 5.43.